The van der Waals surface area contributed by atoms with Crippen LogP contribution in [-0.4, -0.2) is 30.4 Å². The molecule has 33 heavy (non-hydrogen) atoms. The minimum Gasteiger partial charge on any atom is -0.394 e. The molecule has 1 aliphatic carbocycles. The molecule has 6 nitrogen and oxygen atoms in total. The maximum atomic E-state index is 14.2. The fourth-order valence-electron chi connectivity index (χ4n) is 4.69. The fraction of sp³-hybridized carbons (Fsp3) is 0.417. The minimum atomic E-state index is -0.854. The lowest BCUT2D eigenvalue weighted by Gasteiger charge is -2.30. The number of rotatable bonds is 5. The average Bonchev–Trinajstić information content (AvgIpc) is 3.20. The summed E-state index contributed by atoms with van der Waals surface area (Å²) in [4.78, 5) is 25.5. The Balaban J connectivity index is 1.35. The van der Waals surface area contributed by atoms with Crippen molar-refractivity contribution >= 4 is 17.5 Å². The molecule has 2 aromatic rings. The van der Waals surface area contributed by atoms with Gasteiger partial charge in [0.15, 0.2) is 5.82 Å². The first-order valence-corrected chi connectivity index (χ1v) is 11.1. The van der Waals surface area contributed by atoms with Gasteiger partial charge in [-0.05, 0) is 80.0 Å². The van der Waals surface area contributed by atoms with E-state index in [1.807, 2.05) is 0 Å². The van der Waals surface area contributed by atoms with Crippen LogP contribution in [0.5, 0.6) is 0 Å². The number of fused-ring (bicyclic) bond motifs is 1. The van der Waals surface area contributed by atoms with Crippen molar-refractivity contribution < 1.29 is 22.8 Å². The van der Waals surface area contributed by atoms with E-state index in [9.17, 15) is 22.8 Å². The largest absolute Gasteiger partial charge is 0.394 e. The Morgan fingerprint density at radius 3 is 2.61 bits per heavy atom. The van der Waals surface area contributed by atoms with Gasteiger partial charge in [-0.1, -0.05) is 12.1 Å². The second-order valence-corrected chi connectivity index (χ2v) is 8.76. The maximum absolute atomic E-state index is 14.2. The first kappa shape index (κ1) is 23.1. The summed E-state index contributed by atoms with van der Waals surface area (Å²) in [6, 6.07) is 5.58. The number of nitrogens with two attached hydrogens (primary N) is 1. The number of nitrogens with one attached hydrogen (secondary N) is 3. The van der Waals surface area contributed by atoms with E-state index in [1.165, 1.54) is 12.1 Å². The molecule has 1 fully saturated rings. The smallest absolute Gasteiger partial charge is 0.242 e. The topological polar surface area (TPSA) is 96.2 Å². The van der Waals surface area contributed by atoms with E-state index in [2.05, 4.69) is 16.0 Å². The number of carbonyl (C=O) groups is 2. The van der Waals surface area contributed by atoms with Gasteiger partial charge in [0.25, 0.3) is 0 Å². The van der Waals surface area contributed by atoms with E-state index in [-0.39, 0.29) is 17.6 Å². The van der Waals surface area contributed by atoms with Gasteiger partial charge in [-0.2, -0.15) is 0 Å². The predicted molar refractivity (Wildman–Crippen MR) is 118 cm³/mol. The van der Waals surface area contributed by atoms with Crippen LogP contribution < -0.4 is 21.7 Å². The SMILES string of the molecule is C[C@H](NC(=O)[C@H]1C[C@H](c2ccc(F)cc2)CCN1)C(=O)NC1CCc2c1cc(F)c(N)c2F. The summed E-state index contributed by atoms with van der Waals surface area (Å²) >= 11 is 0. The quantitative estimate of drug-likeness (QED) is 0.516. The molecular formula is C24H27F3N4O2. The van der Waals surface area contributed by atoms with E-state index in [1.54, 1.807) is 19.1 Å². The molecule has 0 radical (unpaired) electrons. The molecule has 5 N–H and O–H groups in total. The molecule has 4 rings (SSSR count). The molecular weight excluding hydrogens is 433 g/mol. The van der Waals surface area contributed by atoms with E-state index < -0.39 is 41.4 Å². The third kappa shape index (κ3) is 4.83. The zero-order valence-corrected chi connectivity index (χ0v) is 18.3. The monoisotopic (exact) mass is 460 g/mol. The molecule has 1 saturated heterocycles. The van der Waals surface area contributed by atoms with Gasteiger partial charge < -0.3 is 21.7 Å². The fourth-order valence-corrected chi connectivity index (χ4v) is 4.69. The van der Waals surface area contributed by atoms with Crippen LogP contribution in [0.2, 0.25) is 0 Å². The second kappa shape index (κ2) is 9.43. The summed E-state index contributed by atoms with van der Waals surface area (Å²) in [6.07, 6.45) is 2.12. The molecule has 1 unspecified atom stereocenters. The van der Waals surface area contributed by atoms with Crippen LogP contribution in [0.25, 0.3) is 0 Å². The van der Waals surface area contributed by atoms with Crippen molar-refractivity contribution in [2.75, 3.05) is 12.3 Å². The zero-order chi connectivity index (χ0) is 23.7. The molecule has 1 heterocycles. The summed E-state index contributed by atoms with van der Waals surface area (Å²) in [5, 5.41) is 8.66. The van der Waals surface area contributed by atoms with Gasteiger partial charge in [0.05, 0.1) is 12.1 Å². The van der Waals surface area contributed by atoms with Crippen molar-refractivity contribution in [2.24, 2.45) is 0 Å². The third-order valence-corrected chi connectivity index (χ3v) is 6.58. The summed E-state index contributed by atoms with van der Waals surface area (Å²) in [7, 11) is 0. The standard InChI is InChI=1S/C24H27F3N4O2/c1-12(23(32)31-19-7-6-16-17(19)11-18(26)22(28)21(16)27)30-24(33)20-10-14(8-9-29-20)13-2-4-15(25)5-3-13/h2-5,11-12,14,19-20,29H,6-10,28H2,1H3,(H,30,33)(H,31,32)/t12-,14+,19?,20+/m0/s1. The molecule has 9 heteroatoms. The van der Waals surface area contributed by atoms with Crippen LogP contribution in [0, 0.1) is 17.5 Å². The number of halogens is 3. The highest BCUT2D eigenvalue weighted by Crippen LogP contribution is 2.36. The van der Waals surface area contributed by atoms with Crippen LogP contribution >= 0.6 is 0 Å². The first-order valence-electron chi connectivity index (χ1n) is 11.1. The van der Waals surface area contributed by atoms with Crippen LogP contribution in [0.4, 0.5) is 18.9 Å². The Hall–Kier alpha value is -3.07. The van der Waals surface area contributed by atoms with E-state index >= 15 is 0 Å². The van der Waals surface area contributed by atoms with Gasteiger partial charge in [-0.25, -0.2) is 13.2 Å². The second-order valence-electron chi connectivity index (χ2n) is 8.76. The summed E-state index contributed by atoms with van der Waals surface area (Å²) in [5.41, 5.74) is 6.57. The lowest BCUT2D eigenvalue weighted by atomic mass is 9.86. The van der Waals surface area contributed by atoms with Crippen molar-refractivity contribution in [3.63, 3.8) is 0 Å². The summed E-state index contributed by atoms with van der Waals surface area (Å²) in [5.74, 6) is -2.57. The Morgan fingerprint density at radius 2 is 1.88 bits per heavy atom. The van der Waals surface area contributed by atoms with Crippen molar-refractivity contribution in [3.05, 3.63) is 64.5 Å². The predicted octanol–water partition coefficient (Wildman–Crippen LogP) is 2.83. The third-order valence-electron chi connectivity index (χ3n) is 6.58. The summed E-state index contributed by atoms with van der Waals surface area (Å²) < 4.78 is 41.3. The minimum absolute atomic E-state index is 0.110. The number of hydrogen-bond donors (Lipinski definition) is 4. The van der Waals surface area contributed by atoms with Gasteiger partial charge in [0, 0.05) is 0 Å². The number of anilines is 1. The van der Waals surface area contributed by atoms with Gasteiger partial charge >= 0.3 is 0 Å². The molecule has 1 aliphatic heterocycles. The van der Waals surface area contributed by atoms with Gasteiger partial charge in [-0.3, -0.25) is 9.59 Å². The molecule has 0 bridgehead atoms. The number of carbonyl (C=O) groups excluding carboxylic acids is 2. The lowest BCUT2D eigenvalue weighted by molar-refractivity contribution is -0.130. The number of hydrogen-bond acceptors (Lipinski definition) is 4. The first-order chi connectivity index (χ1) is 15.7. The van der Waals surface area contributed by atoms with E-state index in [0.717, 1.165) is 18.1 Å². The van der Waals surface area contributed by atoms with Crippen molar-refractivity contribution in [1.82, 2.24) is 16.0 Å². The molecule has 2 amide bonds. The molecule has 176 valence electrons. The number of nitrogen functional groups attached to an aromatic ring is 1. The molecule has 0 saturated carbocycles. The van der Waals surface area contributed by atoms with Crippen molar-refractivity contribution in [3.8, 4) is 0 Å². The van der Waals surface area contributed by atoms with E-state index in [4.69, 9.17) is 5.73 Å². The highest BCUT2D eigenvalue weighted by Gasteiger charge is 2.32. The highest BCUT2D eigenvalue weighted by atomic mass is 19.1. The normalized spacial score (nSPS) is 23.0. The van der Waals surface area contributed by atoms with Gasteiger partial charge in [0.1, 0.15) is 23.4 Å². The van der Waals surface area contributed by atoms with Crippen molar-refractivity contribution in [2.45, 2.75) is 56.7 Å². The van der Waals surface area contributed by atoms with Crippen LogP contribution in [-0.2, 0) is 16.0 Å². The Labute approximate surface area is 190 Å². The Bertz CT molecular complexity index is 1060. The Morgan fingerprint density at radius 1 is 1.15 bits per heavy atom. The maximum Gasteiger partial charge on any atom is 0.242 e. The van der Waals surface area contributed by atoms with Crippen LogP contribution in [0.3, 0.4) is 0 Å². The van der Waals surface area contributed by atoms with E-state index in [0.29, 0.717) is 36.9 Å². The van der Waals surface area contributed by atoms with Crippen molar-refractivity contribution in [1.29, 1.82) is 0 Å². The van der Waals surface area contributed by atoms with Gasteiger partial charge in [-0.15, -0.1) is 0 Å². The molecule has 2 aliphatic rings. The van der Waals surface area contributed by atoms with Crippen LogP contribution in [0.15, 0.2) is 30.3 Å². The molecule has 2 aromatic carbocycles. The van der Waals surface area contributed by atoms with Gasteiger partial charge in [0.2, 0.25) is 11.8 Å². The average molecular weight is 461 g/mol. The Kier molecular flexibility index (Phi) is 6.60. The number of amides is 2. The zero-order valence-electron chi connectivity index (χ0n) is 18.3. The number of piperidine rings is 1. The number of benzene rings is 2. The van der Waals surface area contributed by atoms with Crippen LogP contribution in [0.1, 0.15) is 54.8 Å². The molecule has 4 atom stereocenters. The molecule has 0 spiro atoms. The summed E-state index contributed by atoms with van der Waals surface area (Å²) in [6.45, 7) is 2.19. The highest BCUT2D eigenvalue weighted by molar-refractivity contribution is 5.89. The lowest BCUT2D eigenvalue weighted by Crippen LogP contribution is -2.53. The molecule has 0 aromatic heterocycles.